The van der Waals surface area contributed by atoms with Crippen LogP contribution in [0.5, 0.6) is 0 Å². The second-order valence-electron chi connectivity index (χ2n) is 9.28. The van der Waals surface area contributed by atoms with Crippen molar-refractivity contribution in [1.82, 2.24) is 34.6 Å². The van der Waals surface area contributed by atoms with Gasteiger partial charge in [0.05, 0.1) is 24.0 Å². The van der Waals surface area contributed by atoms with E-state index in [1.165, 1.54) is 34.6 Å². The van der Waals surface area contributed by atoms with Crippen LogP contribution in [0, 0.1) is 6.92 Å². The van der Waals surface area contributed by atoms with Crippen LogP contribution in [-0.2, 0) is 16.1 Å². The van der Waals surface area contributed by atoms with Crippen LogP contribution in [0.2, 0.25) is 0 Å². The summed E-state index contributed by atoms with van der Waals surface area (Å²) < 4.78 is 16.4. The number of carbonyl (C=O) groups excluding carboxylic acids is 3. The molecular weight excluding hydrogens is 571 g/mol. The number of rotatable bonds is 6. The summed E-state index contributed by atoms with van der Waals surface area (Å²) in [5, 5.41) is 4.89. The zero-order chi connectivity index (χ0) is 27.8. The molecule has 5 rings (SSSR count). The molecule has 200 valence electrons. The Morgan fingerprint density at radius 1 is 1.15 bits per heavy atom. The zero-order valence-corrected chi connectivity index (χ0v) is 23.0. The molecule has 1 fully saturated rings. The number of ketones is 1. The van der Waals surface area contributed by atoms with Crippen molar-refractivity contribution in [3.8, 4) is 11.3 Å². The van der Waals surface area contributed by atoms with Crippen LogP contribution in [0.3, 0.4) is 0 Å². The van der Waals surface area contributed by atoms with Crippen LogP contribution < -0.4 is 4.90 Å². The number of amides is 2. The van der Waals surface area contributed by atoms with Crippen molar-refractivity contribution < 1.29 is 18.8 Å². The fourth-order valence-corrected chi connectivity index (χ4v) is 4.90. The van der Waals surface area contributed by atoms with Crippen LogP contribution in [0.4, 0.5) is 10.2 Å². The van der Waals surface area contributed by atoms with Crippen LogP contribution in [0.15, 0.2) is 47.5 Å². The standard InChI is InChI=1S/C26H24BrFN8O3/c1-14(37)25-18-8-19(16-9-29-15(2)30-10-16)31-11-21(18)36(33-25)13-24(38)35-12-17(28)7-20(35)26(39)34(3)23-6-4-5-22(27)32-23/h4-6,8-11,17,20H,7,12-13H2,1-3H3/t17-,20+/m1/s1. The zero-order valence-electron chi connectivity index (χ0n) is 21.4. The molecule has 11 nitrogen and oxygen atoms in total. The van der Waals surface area contributed by atoms with Gasteiger partial charge in [-0.2, -0.15) is 5.10 Å². The number of nitrogens with zero attached hydrogens (tertiary/aromatic N) is 8. The Kier molecular flexibility index (Phi) is 7.17. The highest BCUT2D eigenvalue weighted by molar-refractivity contribution is 9.10. The lowest BCUT2D eigenvalue weighted by Crippen LogP contribution is -2.47. The molecule has 0 N–H and O–H groups in total. The average molecular weight is 595 g/mol. The van der Waals surface area contributed by atoms with E-state index in [1.54, 1.807) is 43.6 Å². The molecular formula is C26H24BrFN8O3. The van der Waals surface area contributed by atoms with Gasteiger partial charge in [-0.05, 0) is 41.1 Å². The number of likely N-dealkylation sites (N-methyl/N-ethyl adjacent to an activating group) is 1. The predicted octanol–water partition coefficient (Wildman–Crippen LogP) is 3.16. The minimum Gasteiger partial charge on any atom is -0.326 e. The summed E-state index contributed by atoms with van der Waals surface area (Å²) in [6.07, 6.45) is 3.32. The number of hydrogen-bond donors (Lipinski definition) is 0. The van der Waals surface area contributed by atoms with E-state index in [1.807, 2.05) is 0 Å². The normalized spacial score (nSPS) is 17.0. The maximum absolute atomic E-state index is 14.5. The first-order valence-electron chi connectivity index (χ1n) is 12.1. The Morgan fingerprint density at radius 2 is 1.90 bits per heavy atom. The van der Waals surface area contributed by atoms with Gasteiger partial charge in [0.25, 0.3) is 5.91 Å². The monoisotopic (exact) mass is 594 g/mol. The van der Waals surface area contributed by atoms with Crippen molar-refractivity contribution >= 4 is 50.2 Å². The minimum absolute atomic E-state index is 0.120. The number of alkyl halides is 1. The van der Waals surface area contributed by atoms with Crippen molar-refractivity contribution in [1.29, 1.82) is 0 Å². The number of aromatic nitrogens is 6. The summed E-state index contributed by atoms with van der Waals surface area (Å²) in [4.78, 5) is 58.8. The topological polar surface area (TPSA) is 127 Å². The molecule has 1 aliphatic rings. The smallest absolute Gasteiger partial charge is 0.250 e. The summed E-state index contributed by atoms with van der Waals surface area (Å²) in [6, 6.07) is 5.81. The molecule has 0 bridgehead atoms. The molecule has 2 atom stereocenters. The van der Waals surface area contributed by atoms with E-state index < -0.39 is 24.0 Å². The predicted molar refractivity (Wildman–Crippen MR) is 144 cm³/mol. The number of fused-ring (bicyclic) bond motifs is 1. The molecule has 1 saturated heterocycles. The summed E-state index contributed by atoms with van der Waals surface area (Å²) in [7, 11) is 1.54. The van der Waals surface area contributed by atoms with E-state index in [4.69, 9.17) is 0 Å². The molecule has 1 aliphatic heterocycles. The average Bonchev–Trinajstić information content (AvgIpc) is 3.48. The molecule has 39 heavy (non-hydrogen) atoms. The molecule has 0 aromatic carbocycles. The third-order valence-electron chi connectivity index (χ3n) is 6.56. The Labute approximate surface area is 231 Å². The SMILES string of the molecule is CC(=O)c1nn(CC(=O)N2C[C@H](F)C[C@H]2C(=O)N(C)c2cccc(Br)n2)c2cnc(-c3cnc(C)nc3)cc12. The lowest BCUT2D eigenvalue weighted by molar-refractivity contribution is -0.138. The van der Waals surface area contributed by atoms with E-state index in [0.717, 1.165) is 0 Å². The van der Waals surface area contributed by atoms with Gasteiger partial charge in [-0.25, -0.2) is 19.3 Å². The Bertz CT molecular complexity index is 1590. The molecule has 5 heterocycles. The van der Waals surface area contributed by atoms with Gasteiger partial charge in [-0.1, -0.05) is 6.07 Å². The molecule has 4 aromatic rings. The van der Waals surface area contributed by atoms with Crippen molar-refractivity contribution in [2.45, 2.75) is 39.0 Å². The number of carbonyl (C=O) groups is 3. The van der Waals surface area contributed by atoms with Crippen molar-refractivity contribution in [3.05, 3.63) is 59.0 Å². The first-order valence-corrected chi connectivity index (χ1v) is 12.9. The van der Waals surface area contributed by atoms with Crippen LogP contribution in [-0.4, -0.2) is 78.0 Å². The number of anilines is 1. The van der Waals surface area contributed by atoms with E-state index in [-0.39, 0.29) is 31.0 Å². The lowest BCUT2D eigenvalue weighted by Gasteiger charge is -2.27. The van der Waals surface area contributed by atoms with Crippen LogP contribution in [0.25, 0.3) is 22.2 Å². The molecule has 0 unspecified atom stereocenters. The lowest BCUT2D eigenvalue weighted by atomic mass is 10.1. The number of aryl methyl sites for hydroxylation is 1. The first-order chi connectivity index (χ1) is 18.6. The van der Waals surface area contributed by atoms with E-state index in [9.17, 15) is 18.8 Å². The highest BCUT2D eigenvalue weighted by Crippen LogP contribution is 2.27. The number of halogens is 2. The Morgan fingerprint density at radius 3 is 2.59 bits per heavy atom. The van der Waals surface area contributed by atoms with Gasteiger partial charge in [0.15, 0.2) is 5.78 Å². The van der Waals surface area contributed by atoms with Crippen LogP contribution in [0.1, 0.15) is 29.7 Å². The maximum Gasteiger partial charge on any atom is 0.250 e. The molecule has 13 heteroatoms. The molecule has 0 saturated carbocycles. The second kappa shape index (κ2) is 10.6. The van der Waals surface area contributed by atoms with Crippen LogP contribution >= 0.6 is 15.9 Å². The molecule has 0 aliphatic carbocycles. The maximum atomic E-state index is 14.5. The Balaban J connectivity index is 1.42. The van der Waals surface area contributed by atoms with Gasteiger partial charge in [0, 0.05) is 43.7 Å². The van der Waals surface area contributed by atoms with Gasteiger partial charge in [0.2, 0.25) is 5.91 Å². The molecule has 0 spiro atoms. The summed E-state index contributed by atoms with van der Waals surface area (Å²) in [5.74, 6) is -0.252. The van der Waals surface area contributed by atoms with Gasteiger partial charge < -0.3 is 4.90 Å². The number of hydrogen-bond acceptors (Lipinski definition) is 8. The van der Waals surface area contributed by atoms with E-state index in [0.29, 0.717) is 38.4 Å². The molecule has 0 radical (unpaired) electrons. The largest absolute Gasteiger partial charge is 0.326 e. The molecule has 2 amide bonds. The molecule has 4 aromatic heterocycles. The highest BCUT2D eigenvalue weighted by Gasteiger charge is 2.41. The summed E-state index contributed by atoms with van der Waals surface area (Å²) in [5.41, 5.74) is 1.84. The van der Waals surface area contributed by atoms with Gasteiger partial charge >= 0.3 is 0 Å². The van der Waals surface area contributed by atoms with E-state index in [2.05, 4.69) is 41.0 Å². The summed E-state index contributed by atoms with van der Waals surface area (Å²) in [6.45, 7) is 2.64. The van der Waals surface area contributed by atoms with Gasteiger partial charge in [0.1, 0.15) is 40.7 Å². The highest BCUT2D eigenvalue weighted by atomic mass is 79.9. The second-order valence-corrected chi connectivity index (χ2v) is 10.1. The Hall–Kier alpha value is -4.13. The fourth-order valence-electron chi connectivity index (χ4n) is 4.57. The van der Waals surface area contributed by atoms with E-state index >= 15 is 0 Å². The first kappa shape index (κ1) is 26.5. The van der Waals surface area contributed by atoms with Crippen molar-refractivity contribution in [3.63, 3.8) is 0 Å². The van der Waals surface area contributed by atoms with Gasteiger partial charge in [-0.15, -0.1) is 0 Å². The quantitative estimate of drug-likeness (QED) is 0.246. The third-order valence-corrected chi connectivity index (χ3v) is 7.00. The minimum atomic E-state index is -1.35. The summed E-state index contributed by atoms with van der Waals surface area (Å²) >= 11 is 3.28. The fraction of sp³-hybridized carbons (Fsp3) is 0.308. The van der Waals surface area contributed by atoms with Gasteiger partial charge in [-0.3, -0.25) is 28.9 Å². The third kappa shape index (κ3) is 5.26. The number of Topliss-reactive ketones (excluding diaryl/α,β-unsaturated/α-hetero) is 1. The number of likely N-dealkylation sites (tertiary alicyclic amines) is 1. The van der Waals surface area contributed by atoms with Crippen molar-refractivity contribution in [2.75, 3.05) is 18.5 Å². The number of pyridine rings is 2. The van der Waals surface area contributed by atoms with Crippen molar-refractivity contribution in [2.24, 2.45) is 0 Å².